The third-order valence-electron chi connectivity index (χ3n) is 2.02. The molecule has 0 fully saturated rings. The van der Waals surface area contributed by atoms with Gasteiger partial charge in [-0.15, -0.1) is 0 Å². The molecular formula is C10H13FN2O. The average Bonchev–Trinajstić information content (AvgIpc) is 2.11. The maximum absolute atomic E-state index is 13.0. The van der Waals surface area contributed by atoms with Gasteiger partial charge in [0.05, 0.1) is 5.69 Å². The minimum Gasteiger partial charge on any atom is -0.396 e. The van der Waals surface area contributed by atoms with Crippen molar-refractivity contribution in [3.05, 3.63) is 29.6 Å². The summed E-state index contributed by atoms with van der Waals surface area (Å²) in [5, 5.41) is 0. The fourth-order valence-corrected chi connectivity index (χ4v) is 1.05. The first kappa shape index (κ1) is 10.5. The quantitative estimate of drug-likeness (QED) is 0.726. The zero-order chi connectivity index (χ0) is 10.7. The van der Waals surface area contributed by atoms with Gasteiger partial charge in [-0.05, 0) is 17.7 Å². The highest BCUT2D eigenvalue weighted by molar-refractivity contribution is 5.72. The lowest BCUT2D eigenvalue weighted by Crippen LogP contribution is -2.23. The largest absolute Gasteiger partial charge is 0.396 e. The summed E-state index contributed by atoms with van der Waals surface area (Å²) in [5.41, 5.74) is 6.18. The molecule has 0 heterocycles. The fraction of sp³-hybridized carbons (Fsp3) is 0.300. The number of anilines is 1. The van der Waals surface area contributed by atoms with Crippen LogP contribution in [0.2, 0.25) is 0 Å². The molecule has 4 heteroatoms. The Morgan fingerprint density at radius 3 is 2.71 bits per heavy atom. The summed E-state index contributed by atoms with van der Waals surface area (Å²) in [4.78, 5) is 12.4. The zero-order valence-electron chi connectivity index (χ0n) is 8.25. The van der Waals surface area contributed by atoms with Crippen LogP contribution in [0.15, 0.2) is 18.2 Å². The van der Waals surface area contributed by atoms with Crippen LogP contribution < -0.4 is 5.73 Å². The molecule has 0 saturated heterocycles. The van der Waals surface area contributed by atoms with E-state index in [1.807, 2.05) is 0 Å². The molecule has 3 nitrogen and oxygen atoms in total. The van der Waals surface area contributed by atoms with Gasteiger partial charge in [0, 0.05) is 20.5 Å². The van der Waals surface area contributed by atoms with Gasteiger partial charge in [0.2, 0.25) is 5.91 Å². The molecule has 0 saturated carbocycles. The first-order valence-electron chi connectivity index (χ1n) is 4.26. The van der Waals surface area contributed by atoms with Gasteiger partial charge in [0.25, 0.3) is 0 Å². The molecular weight excluding hydrogens is 183 g/mol. The van der Waals surface area contributed by atoms with Crippen LogP contribution in [0.5, 0.6) is 0 Å². The van der Waals surface area contributed by atoms with Crippen molar-refractivity contribution >= 4 is 11.6 Å². The zero-order valence-corrected chi connectivity index (χ0v) is 8.25. The lowest BCUT2D eigenvalue weighted by atomic mass is 10.2. The van der Waals surface area contributed by atoms with Crippen molar-refractivity contribution in [3.8, 4) is 0 Å². The first-order valence-corrected chi connectivity index (χ1v) is 4.26. The second kappa shape index (κ2) is 4.09. The van der Waals surface area contributed by atoms with Gasteiger partial charge < -0.3 is 10.6 Å². The normalized spacial score (nSPS) is 9.93. The van der Waals surface area contributed by atoms with Crippen LogP contribution in [-0.2, 0) is 11.3 Å². The highest BCUT2D eigenvalue weighted by atomic mass is 19.1. The Kier molecular flexibility index (Phi) is 3.06. The number of hydrogen-bond acceptors (Lipinski definition) is 2. The van der Waals surface area contributed by atoms with Crippen LogP contribution in [0.1, 0.15) is 12.5 Å². The van der Waals surface area contributed by atoms with Crippen LogP contribution in [0.4, 0.5) is 10.1 Å². The third kappa shape index (κ3) is 2.45. The van der Waals surface area contributed by atoms with Crippen molar-refractivity contribution in [2.45, 2.75) is 13.5 Å². The number of benzene rings is 1. The molecule has 2 N–H and O–H groups in total. The molecule has 76 valence electrons. The summed E-state index contributed by atoms with van der Waals surface area (Å²) in [6.45, 7) is 1.86. The van der Waals surface area contributed by atoms with E-state index in [4.69, 9.17) is 5.73 Å². The standard InChI is InChI=1S/C10H13FN2O/c1-7(14)13(2)6-8-3-4-10(12)9(11)5-8/h3-5H,6,12H2,1-2H3. The average molecular weight is 196 g/mol. The second-order valence-corrected chi connectivity index (χ2v) is 3.23. The topological polar surface area (TPSA) is 46.3 Å². The van der Waals surface area contributed by atoms with E-state index in [1.165, 1.54) is 24.0 Å². The molecule has 1 amide bonds. The highest BCUT2D eigenvalue weighted by Crippen LogP contribution is 2.13. The maximum Gasteiger partial charge on any atom is 0.219 e. The van der Waals surface area contributed by atoms with Gasteiger partial charge in [0.15, 0.2) is 0 Å². The van der Waals surface area contributed by atoms with Crippen LogP contribution in [0, 0.1) is 5.82 Å². The Balaban J connectivity index is 2.78. The monoisotopic (exact) mass is 196 g/mol. The van der Waals surface area contributed by atoms with Crippen LogP contribution >= 0.6 is 0 Å². The minimum absolute atomic E-state index is 0.0535. The molecule has 1 aromatic carbocycles. The smallest absolute Gasteiger partial charge is 0.219 e. The molecule has 1 aromatic rings. The van der Waals surface area contributed by atoms with Gasteiger partial charge in [-0.25, -0.2) is 4.39 Å². The fourth-order valence-electron chi connectivity index (χ4n) is 1.05. The van der Waals surface area contributed by atoms with Crippen molar-refractivity contribution in [1.29, 1.82) is 0 Å². The van der Waals surface area contributed by atoms with E-state index in [0.717, 1.165) is 5.56 Å². The molecule has 0 spiro atoms. The molecule has 1 rings (SSSR count). The van der Waals surface area contributed by atoms with Crippen LogP contribution in [0.3, 0.4) is 0 Å². The van der Waals surface area contributed by atoms with Crippen molar-refractivity contribution in [2.24, 2.45) is 0 Å². The lowest BCUT2D eigenvalue weighted by Gasteiger charge is -2.14. The summed E-state index contributed by atoms with van der Waals surface area (Å²) >= 11 is 0. The Morgan fingerprint density at radius 1 is 1.57 bits per heavy atom. The summed E-state index contributed by atoms with van der Waals surface area (Å²) in [7, 11) is 1.66. The van der Waals surface area contributed by atoms with Crippen LogP contribution in [-0.4, -0.2) is 17.9 Å². The van der Waals surface area contributed by atoms with E-state index in [9.17, 15) is 9.18 Å². The van der Waals surface area contributed by atoms with Crippen molar-refractivity contribution in [2.75, 3.05) is 12.8 Å². The number of rotatable bonds is 2. The number of halogens is 1. The number of hydrogen-bond donors (Lipinski definition) is 1. The Hall–Kier alpha value is -1.58. The second-order valence-electron chi connectivity index (χ2n) is 3.23. The minimum atomic E-state index is -0.445. The number of carbonyl (C=O) groups is 1. The molecule has 14 heavy (non-hydrogen) atoms. The third-order valence-corrected chi connectivity index (χ3v) is 2.02. The van der Waals surface area contributed by atoms with Gasteiger partial charge in [-0.1, -0.05) is 6.07 Å². The van der Waals surface area contributed by atoms with Gasteiger partial charge in [0.1, 0.15) is 5.82 Å². The van der Waals surface area contributed by atoms with Crippen LogP contribution in [0.25, 0.3) is 0 Å². The molecule has 0 atom stereocenters. The Labute approximate surface area is 82.3 Å². The van der Waals surface area contributed by atoms with Gasteiger partial charge in [-0.2, -0.15) is 0 Å². The van der Waals surface area contributed by atoms with Gasteiger partial charge in [-0.3, -0.25) is 4.79 Å². The molecule has 0 aliphatic rings. The van der Waals surface area contributed by atoms with E-state index in [2.05, 4.69) is 0 Å². The molecule has 0 aliphatic carbocycles. The first-order chi connectivity index (χ1) is 6.50. The van der Waals surface area contributed by atoms with Gasteiger partial charge >= 0.3 is 0 Å². The molecule has 0 aliphatic heterocycles. The number of amides is 1. The maximum atomic E-state index is 13.0. The predicted molar refractivity (Wildman–Crippen MR) is 53.0 cm³/mol. The van der Waals surface area contributed by atoms with E-state index < -0.39 is 5.82 Å². The van der Waals surface area contributed by atoms with E-state index >= 15 is 0 Å². The van der Waals surface area contributed by atoms with E-state index in [-0.39, 0.29) is 11.6 Å². The molecule has 0 radical (unpaired) electrons. The Morgan fingerprint density at radius 2 is 2.21 bits per heavy atom. The number of nitrogens with zero attached hydrogens (tertiary/aromatic N) is 1. The number of nitrogen functional groups attached to an aromatic ring is 1. The molecule has 0 aromatic heterocycles. The summed E-state index contributed by atoms with van der Waals surface area (Å²) in [6.07, 6.45) is 0. The van der Waals surface area contributed by atoms with Crippen molar-refractivity contribution < 1.29 is 9.18 Å². The van der Waals surface area contributed by atoms with E-state index in [1.54, 1.807) is 13.1 Å². The lowest BCUT2D eigenvalue weighted by molar-refractivity contribution is -0.128. The molecule has 0 unspecified atom stereocenters. The van der Waals surface area contributed by atoms with E-state index in [0.29, 0.717) is 6.54 Å². The number of nitrogens with two attached hydrogens (primary N) is 1. The highest BCUT2D eigenvalue weighted by Gasteiger charge is 2.05. The summed E-state index contributed by atoms with van der Waals surface area (Å²) < 4.78 is 13.0. The predicted octanol–water partition coefficient (Wildman–Crippen LogP) is 1.39. The number of carbonyl (C=O) groups excluding carboxylic acids is 1. The molecule has 0 bridgehead atoms. The van der Waals surface area contributed by atoms with Crippen molar-refractivity contribution in [3.63, 3.8) is 0 Å². The Bertz CT molecular complexity index is 352. The SMILES string of the molecule is CC(=O)N(C)Cc1ccc(N)c(F)c1. The van der Waals surface area contributed by atoms with Crippen molar-refractivity contribution in [1.82, 2.24) is 4.90 Å². The summed E-state index contributed by atoms with van der Waals surface area (Å²) in [6, 6.07) is 4.55. The summed E-state index contributed by atoms with van der Waals surface area (Å²) in [5.74, 6) is -0.498.